The van der Waals surface area contributed by atoms with Crippen molar-refractivity contribution in [1.29, 1.82) is 0 Å². The van der Waals surface area contributed by atoms with Crippen LogP contribution in [0.5, 0.6) is 0 Å². The second kappa shape index (κ2) is 9.53. The molecule has 0 aliphatic heterocycles. The predicted molar refractivity (Wildman–Crippen MR) is 123 cm³/mol. The number of rotatable bonds is 6. The number of pyridine rings is 1. The molecule has 1 amide bonds. The van der Waals surface area contributed by atoms with E-state index >= 15 is 0 Å². The summed E-state index contributed by atoms with van der Waals surface area (Å²) >= 11 is 0. The third-order valence-electron chi connectivity index (χ3n) is 5.17. The molecule has 2 aromatic heterocycles. The van der Waals surface area contributed by atoms with E-state index in [0.717, 1.165) is 11.1 Å². The van der Waals surface area contributed by atoms with Gasteiger partial charge >= 0.3 is 11.9 Å². The van der Waals surface area contributed by atoms with Gasteiger partial charge in [0, 0.05) is 11.3 Å². The van der Waals surface area contributed by atoms with Crippen molar-refractivity contribution in [1.82, 2.24) is 10.1 Å². The molecule has 0 fully saturated rings. The van der Waals surface area contributed by atoms with Gasteiger partial charge in [0.2, 0.25) is 0 Å². The summed E-state index contributed by atoms with van der Waals surface area (Å²) in [5.41, 5.74) is 3.60. The van der Waals surface area contributed by atoms with Crippen LogP contribution in [0.15, 0.2) is 59.1 Å². The maximum absolute atomic E-state index is 12.9. The lowest BCUT2D eigenvalue weighted by Gasteiger charge is -2.11. The van der Waals surface area contributed by atoms with E-state index in [1.165, 1.54) is 13.2 Å². The van der Waals surface area contributed by atoms with E-state index in [1.54, 1.807) is 32.0 Å². The zero-order valence-corrected chi connectivity index (χ0v) is 18.7. The Morgan fingerprint density at radius 1 is 1.00 bits per heavy atom. The summed E-state index contributed by atoms with van der Waals surface area (Å²) in [6.45, 7) is 2.93. The summed E-state index contributed by atoms with van der Waals surface area (Å²) in [6.07, 6.45) is 0. The number of benzene rings is 2. The predicted octanol–water partition coefficient (Wildman–Crippen LogP) is 4.09. The second-order valence-electron chi connectivity index (χ2n) is 7.51. The highest BCUT2D eigenvalue weighted by Gasteiger charge is 2.21. The van der Waals surface area contributed by atoms with Crippen molar-refractivity contribution in [2.75, 3.05) is 19.0 Å². The molecule has 1 N–H and O–H groups in total. The first-order valence-electron chi connectivity index (χ1n) is 10.4. The Kier molecular flexibility index (Phi) is 6.35. The van der Waals surface area contributed by atoms with Crippen molar-refractivity contribution in [2.45, 2.75) is 13.8 Å². The highest BCUT2D eigenvalue weighted by atomic mass is 16.5. The van der Waals surface area contributed by atoms with Gasteiger partial charge < -0.3 is 19.3 Å². The van der Waals surface area contributed by atoms with Gasteiger partial charge in [-0.1, -0.05) is 41.6 Å². The average molecular weight is 459 g/mol. The molecular formula is C25H21N3O6. The maximum atomic E-state index is 12.9. The van der Waals surface area contributed by atoms with Crippen LogP contribution in [-0.2, 0) is 14.3 Å². The highest BCUT2D eigenvalue weighted by Crippen LogP contribution is 2.27. The van der Waals surface area contributed by atoms with Crippen LogP contribution in [-0.4, -0.2) is 41.7 Å². The van der Waals surface area contributed by atoms with Gasteiger partial charge in [-0.2, -0.15) is 0 Å². The van der Waals surface area contributed by atoms with Gasteiger partial charge in [0.05, 0.1) is 35.0 Å². The quantitative estimate of drug-likeness (QED) is 0.428. The zero-order valence-electron chi connectivity index (χ0n) is 18.7. The topological polar surface area (TPSA) is 121 Å². The number of ether oxygens (including phenoxy) is 2. The number of carbonyl (C=O) groups is 3. The monoisotopic (exact) mass is 459 g/mol. The van der Waals surface area contributed by atoms with Gasteiger partial charge in [0.25, 0.3) is 11.6 Å². The molecule has 4 aromatic rings. The number of aryl methyl sites for hydroxylation is 2. The normalized spacial score (nSPS) is 10.7. The lowest BCUT2D eigenvalue weighted by atomic mass is 10.1. The van der Waals surface area contributed by atoms with E-state index in [1.807, 2.05) is 30.3 Å². The first-order valence-corrected chi connectivity index (χ1v) is 10.4. The summed E-state index contributed by atoms with van der Waals surface area (Å²) in [5, 5.41) is 6.97. The molecule has 34 heavy (non-hydrogen) atoms. The minimum absolute atomic E-state index is 0.194. The number of methoxy groups -OCH3 is 1. The Balaban J connectivity index is 1.53. The van der Waals surface area contributed by atoms with E-state index in [2.05, 4.69) is 15.5 Å². The Morgan fingerprint density at radius 3 is 2.50 bits per heavy atom. The van der Waals surface area contributed by atoms with Gasteiger partial charge in [0.1, 0.15) is 0 Å². The van der Waals surface area contributed by atoms with Crippen LogP contribution in [0.25, 0.3) is 22.4 Å². The number of amides is 1. The molecule has 0 aliphatic rings. The lowest BCUT2D eigenvalue weighted by molar-refractivity contribution is -0.119. The molecule has 0 aliphatic carbocycles. The summed E-state index contributed by atoms with van der Waals surface area (Å²) in [6, 6.07) is 15.6. The molecule has 4 rings (SSSR count). The number of aromatic nitrogens is 2. The maximum Gasteiger partial charge on any atom is 0.339 e. The lowest BCUT2D eigenvalue weighted by Crippen LogP contribution is -2.22. The molecule has 0 spiro atoms. The molecule has 0 radical (unpaired) electrons. The number of nitrogens with one attached hydrogen (secondary N) is 1. The van der Waals surface area contributed by atoms with Crippen molar-refractivity contribution < 1.29 is 28.4 Å². The minimum Gasteiger partial charge on any atom is -0.465 e. The fraction of sp³-hybridized carbons (Fsp3) is 0.160. The molecule has 172 valence electrons. The smallest absolute Gasteiger partial charge is 0.339 e. The first kappa shape index (κ1) is 22.7. The van der Waals surface area contributed by atoms with Crippen LogP contribution in [0.3, 0.4) is 0 Å². The molecule has 0 saturated heterocycles. The van der Waals surface area contributed by atoms with E-state index in [-0.39, 0.29) is 16.8 Å². The van der Waals surface area contributed by atoms with Gasteiger partial charge in [0.15, 0.2) is 6.61 Å². The number of hydrogen-bond donors (Lipinski definition) is 1. The molecule has 0 bridgehead atoms. The van der Waals surface area contributed by atoms with Crippen LogP contribution in [0.1, 0.15) is 32.0 Å². The standard InChI is InChI=1S/C25H21N3O6/c1-14-9-10-17(24(30)32-3)11-19(14)26-21(29)13-33-25(31)18-12-20(16-7-5-4-6-8-16)27-23-22(18)15(2)28-34-23/h4-12H,13H2,1-3H3,(H,26,29). The van der Waals surface area contributed by atoms with E-state index in [4.69, 9.17) is 14.0 Å². The molecular weight excluding hydrogens is 438 g/mol. The number of nitrogens with zero attached hydrogens (tertiary/aromatic N) is 2. The van der Waals surface area contributed by atoms with Crippen molar-refractivity contribution in [3.05, 3.63) is 77.0 Å². The first-order chi connectivity index (χ1) is 16.4. The summed E-state index contributed by atoms with van der Waals surface area (Å²) in [7, 11) is 1.27. The molecule has 0 atom stereocenters. The SMILES string of the molecule is COC(=O)c1ccc(C)c(NC(=O)COC(=O)c2cc(-c3ccccc3)nc3onc(C)c23)c1. The highest BCUT2D eigenvalue weighted by molar-refractivity contribution is 6.05. The summed E-state index contributed by atoms with van der Waals surface area (Å²) in [5.74, 6) is -1.80. The molecule has 9 nitrogen and oxygen atoms in total. The Labute approximate surface area is 194 Å². The van der Waals surface area contributed by atoms with Gasteiger partial charge in [-0.25, -0.2) is 14.6 Å². The van der Waals surface area contributed by atoms with Crippen molar-refractivity contribution >= 4 is 34.6 Å². The third kappa shape index (κ3) is 4.63. The van der Waals surface area contributed by atoms with Crippen LogP contribution >= 0.6 is 0 Å². The molecule has 9 heteroatoms. The molecule has 0 saturated carbocycles. The van der Waals surface area contributed by atoms with E-state index < -0.39 is 24.5 Å². The fourth-order valence-electron chi connectivity index (χ4n) is 3.41. The van der Waals surface area contributed by atoms with Gasteiger partial charge in [-0.15, -0.1) is 0 Å². The van der Waals surface area contributed by atoms with Crippen molar-refractivity contribution in [2.24, 2.45) is 0 Å². The number of carbonyl (C=O) groups excluding carboxylic acids is 3. The van der Waals surface area contributed by atoms with Crippen LogP contribution < -0.4 is 5.32 Å². The number of anilines is 1. The van der Waals surface area contributed by atoms with Crippen molar-refractivity contribution in [3.8, 4) is 11.3 Å². The second-order valence-corrected chi connectivity index (χ2v) is 7.51. The van der Waals surface area contributed by atoms with E-state index in [9.17, 15) is 14.4 Å². The molecule has 2 heterocycles. The van der Waals surface area contributed by atoms with Crippen LogP contribution in [0, 0.1) is 13.8 Å². The zero-order chi connectivity index (χ0) is 24.2. The van der Waals surface area contributed by atoms with Crippen LogP contribution in [0.4, 0.5) is 5.69 Å². The van der Waals surface area contributed by atoms with Crippen LogP contribution in [0.2, 0.25) is 0 Å². The largest absolute Gasteiger partial charge is 0.465 e. The third-order valence-corrected chi connectivity index (χ3v) is 5.17. The van der Waals surface area contributed by atoms with Gasteiger partial charge in [-0.05, 0) is 37.6 Å². The molecule has 0 unspecified atom stereocenters. The summed E-state index contributed by atoms with van der Waals surface area (Å²) < 4.78 is 15.3. The van der Waals surface area contributed by atoms with E-state index in [0.29, 0.717) is 22.5 Å². The average Bonchev–Trinajstić information content (AvgIpc) is 3.24. The number of fused-ring (bicyclic) bond motifs is 1. The Hall–Kier alpha value is -4.53. The number of esters is 2. The fourth-order valence-corrected chi connectivity index (χ4v) is 3.41. The summed E-state index contributed by atoms with van der Waals surface area (Å²) in [4.78, 5) is 41.6. The van der Waals surface area contributed by atoms with Gasteiger partial charge in [-0.3, -0.25) is 4.79 Å². The number of hydrogen-bond acceptors (Lipinski definition) is 8. The Bertz CT molecular complexity index is 1390. The Morgan fingerprint density at radius 2 is 1.76 bits per heavy atom. The minimum atomic E-state index is -0.717. The van der Waals surface area contributed by atoms with Crippen molar-refractivity contribution in [3.63, 3.8) is 0 Å². The molecule has 2 aromatic carbocycles.